The van der Waals surface area contributed by atoms with E-state index in [1.54, 1.807) is 19.1 Å². The zero-order valence-corrected chi connectivity index (χ0v) is 12.1. The van der Waals surface area contributed by atoms with Gasteiger partial charge in [0, 0.05) is 12.4 Å². The number of nitrogens with zero attached hydrogens (tertiary/aromatic N) is 2. The quantitative estimate of drug-likeness (QED) is 0.804. The zero-order valence-electron chi connectivity index (χ0n) is 12.1. The Morgan fingerprint density at radius 2 is 1.78 bits per heavy atom. The number of hydrogen-bond donors (Lipinski definition) is 2. The third-order valence-corrected chi connectivity index (χ3v) is 2.79. The summed E-state index contributed by atoms with van der Waals surface area (Å²) in [4.78, 5) is 42.5. The summed E-state index contributed by atoms with van der Waals surface area (Å²) in [5, 5.41) is 11.5. The summed E-state index contributed by atoms with van der Waals surface area (Å²) >= 11 is 0. The summed E-state index contributed by atoms with van der Waals surface area (Å²) in [5.74, 6) is -2.75. The maximum absolute atomic E-state index is 12.2. The molecule has 0 aliphatic carbocycles. The van der Waals surface area contributed by atoms with Crippen LogP contribution in [-0.4, -0.2) is 39.5 Å². The van der Waals surface area contributed by atoms with E-state index in [-0.39, 0.29) is 23.6 Å². The monoisotopic (exact) mass is 315 g/mol. The van der Waals surface area contributed by atoms with Crippen molar-refractivity contribution in [2.45, 2.75) is 6.92 Å². The highest BCUT2D eigenvalue weighted by atomic mass is 16.5. The number of para-hydroxylation sites is 1. The largest absolute Gasteiger partial charge is 0.476 e. The van der Waals surface area contributed by atoms with Gasteiger partial charge in [0.05, 0.1) is 17.9 Å². The van der Waals surface area contributed by atoms with Gasteiger partial charge in [0.25, 0.3) is 5.91 Å². The zero-order chi connectivity index (χ0) is 16.8. The molecule has 0 bridgehead atoms. The van der Waals surface area contributed by atoms with E-state index in [4.69, 9.17) is 9.84 Å². The average molecular weight is 315 g/mol. The molecule has 1 aromatic carbocycles. The van der Waals surface area contributed by atoms with E-state index in [0.717, 1.165) is 0 Å². The van der Waals surface area contributed by atoms with E-state index in [1.165, 1.54) is 24.5 Å². The topological polar surface area (TPSA) is 118 Å². The van der Waals surface area contributed by atoms with Gasteiger partial charge < -0.3 is 15.2 Å². The van der Waals surface area contributed by atoms with E-state index in [2.05, 4.69) is 15.3 Å². The predicted molar refractivity (Wildman–Crippen MR) is 79.3 cm³/mol. The molecule has 23 heavy (non-hydrogen) atoms. The van der Waals surface area contributed by atoms with Crippen LogP contribution in [0.4, 0.5) is 5.69 Å². The van der Waals surface area contributed by atoms with Gasteiger partial charge in [0.15, 0.2) is 11.4 Å². The van der Waals surface area contributed by atoms with Gasteiger partial charge in [-0.25, -0.2) is 19.6 Å². The molecule has 0 saturated carbocycles. The van der Waals surface area contributed by atoms with E-state index >= 15 is 0 Å². The number of rotatable bonds is 5. The van der Waals surface area contributed by atoms with Crippen LogP contribution >= 0.6 is 0 Å². The van der Waals surface area contributed by atoms with Crippen LogP contribution in [0.1, 0.15) is 38.3 Å². The molecule has 8 heteroatoms. The maximum atomic E-state index is 12.2. The fourth-order valence-corrected chi connectivity index (χ4v) is 1.82. The van der Waals surface area contributed by atoms with Gasteiger partial charge in [0.1, 0.15) is 0 Å². The number of carbonyl (C=O) groups is 3. The molecule has 0 atom stereocenters. The van der Waals surface area contributed by atoms with Gasteiger partial charge in [-0.05, 0) is 19.1 Å². The molecule has 0 spiro atoms. The van der Waals surface area contributed by atoms with Crippen molar-refractivity contribution in [3.8, 4) is 0 Å². The van der Waals surface area contributed by atoms with Crippen molar-refractivity contribution >= 4 is 23.5 Å². The molecule has 0 fully saturated rings. The Bertz CT molecular complexity index is 760. The Hall–Kier alpha value is -3.29. The van der Waals surface area contributed by atoms with Crippen molar-refractivity contribution in [1.82, 2.24) is 9.97 Å². The molecule has 1 heterocycles. The minimum absolute atomic E-state index is 0.156. The molecule has 118 valence electrons. The summed E-state index contributed by atoms with van der Waals surface area (Å²) in [6, 6.07) is 6.23. The molecule has 0 aliphatic heterocycles. The lowest BCUT2D eigenvalue weighted by molar-refractivity contribution is 0.0527. The van der Waals surface area contributed by atoms with Crippen molar-refractivity contribution in [2.24, 2.45) is 0 Å². The number of aromatic nitrogens is 2. The number of carbonyl (C=O) groups excluding carboxylic acids is 2. The third-order valence-electron chi connectivity index (χ3n) is 2.79. The molecule has 8 nitrogen and oxygen atoms in total. The summed E-state index contributed by atoms with van der Waals surface area (Å²) in [5.41, 5.74) is -0.473. The molecule has 2 rings (SSSR count). The number of nitrogens with one attached hydrogen (secondary N) is 1. The molecule has 0 aliphatic rings. The van der Waals surface area contributed by atoms with Gasteiger partial charge in [-0.2, -0.15) is 0 Å². The number of benzene rings is 1. The SMILES string of the molecule is CCOC(=O)c1ccccc1NC(=O)c1nccnc1C(=O)O. The molecule has 1 aromatic heterocycles. The lowest BCUT2D eigenvalue weighted by Crippen LogP contribution is -2.21. The van der Waals surface area contributed by atoms with Gasteiger partial charge in [-0.1, -0.05) is 12.1 Å². The molecule has 2 aromatic rings. The molecule has 0 unspecified atom stereocenters. The van der Waals surface area contributed by atoms with Crippen LogP contribution in [-0.2, 0) is 4.74 Å². The smallest absolute Gasteiger partial charge is 0.356 e. The fraction of sp³-hybridized carbons (Fsp3) is 0.133. The summed E-state index contributed by atoms with van der Waals surface area (Å²) in [6.07, 6.45) is 2.38. The number of carboxylic acid groups (broad SMARTS) is 1. The van der Waals surface area contributed by atoms with E-state index in [9.17, 15) is 14.4 Å². The second kappa shape index (κ2) is 7.12. The highest BCUT2D eigenvalue weighted by molar-refractivity contribution is 6.10. The fourth-order valence-electron chi connectivity index (χ4n) is 1.82. The van der Waals surface area contributed by atoms with Crippen LogP contribution in [0.3, 0.4) is 0 Å². The predicted octanol–water partition coefficient (Wildman–Crippen LogP) is 1.60. The first kappa shape index (κ1) is 16.1. The summed E-state index contributed by atoms with van der Waals surface area (Å²) in [7, 11) is 0. The van der Waals surface area contributed by atoms with Crippen LogP contribution < -0.4 is 5.32 Å². The minimum Gasteiger partial charge on any atom is -0.476 e. The number of ether oxygens (including phenoxy) is 1. The van der Waals surface area contributed by atoms with Gasteiger partial charge in [-0.15, -0.1) is 0 Å². The number of anilines is 1. The Labute approximate surface area is 131 Å². The number of esters is 1. The Kier molecular flexibility index (Phi) is 4.98. The standard InChI is InChI=1S/C15H13N3O5/c1-2-23-15(22)9-5-3-4-6-10(9)18-13(19)11-12(14(20)21)17-8-7-16-11/h3-8H,2H2,1H3,(H,18,19)(H,20,21). The van der Waals surface area contributed by atoms with Gasteiger partial charge >= 0.3 is 11.9 Å². The Morgan fingerprint density at radius 1 is 1.13 bits per heavy atom. The van der Waals surface area contributed by atoms with Crippen molar-refractivity contribution in [2.75, 3.05) is 11.9 Å². The molecule has 0 radical (unpaired) electrons. The first-order valence-corrected chi connectivity index (χ1v) is 6.66. The van der Waals surface area contributed by atoms with Crippen LogP contribution in [0.25, 0.3) is 0 Å². The normalized spacial score (nSPS) is 9.96. The lowest BCUT2D eigenvalue weighted by atomic mass is 10.1. The van der Waals surface area contributed by atoms with E-state index in [0.29, 0.717) is 0 Å². The molecule has 0 saturated heterocycles. The first-order chi connectivity index (χ1) is 11.0. The van der Waals surface area contributed by atoms with Gasteiger partial charge in [0.2, 0.25) is 0 Å². The van der Waals surface area contributed by atoms with Gasteiger partial charge in [-0.3, -0.25) is 4.79 Å². The second-order valence-corrected chi connectivity index (χ2v) is 4.28. The number of carboxylic acids is 1. The van der Waals surface area contributed by atoms with Crippen molar-refractivity contribution in [1.29, 1.82) is 0 Å². The van der Waals surface area contributed by atoms with Crippen LogP contribution in [0.5, 0.6) is 0 Å². The second-order valence-electron chi connectivity index (χ2n) is 4.28. The summed E-state index contributed by atoms with van der Waals surface area (Å²) < 4.78 is 4.91. The molecular weight excluding hydrogens is 302 g/mol. The van der Waals surface area contributed by atoms with Crippen molar-refractivity contribution < 1.29 is 24.2 Å². The van der Waals surface area contributed by atoms with E-state index < -0.39 is 23.5 Å². The summed E-state index contributed by atoms with van der Waals surface area (Å²) in [6.45, 7) is 1.85. The molecular formula is C15H13N3O5. The highest BCUT2D eigenvalue weighted by Gasteiger charge is 2.21. The number of hydrogen-bond acceptors (Lipinski definition) is 6. The number of aromatic carboxylic acids is 1. The third kappa shape index (κ3) is 3.67. The molecule has 1 amide bonds. The number of amides is 1. The van der Waals surface area contributed by atoms with Crippen LogP contribution in [0.15, 0.2) is 36.7 Å². The average Bonchev–Trinajstić information content (AvgIpc) is 2.55. The van der Waals surface area contributed by atoms with E-state index in [1.807, 2.05) is 0 Å². The molecule has 2 N–H and O–H groups in total. The lowest BCUT2D eigenvalue weighted by Gasteiger charge is -2.10. The van der Waals surface area contributed by atoms with Crippen LogP contribution in [0, 0.1) is 0 Å². The first-order valence-electron chi connectivity index (χ1n) is 6.66. The minimum atomic E-state index is -1.37. The van der Waals surface area contributed by atoms with Crippen molar-refractivity contribution in [3.05, 3.63) is 53.6 Å². The Morgan fingerprint density at radius 3 is 2.43 bits per heavy atom. The van der Waals surface area contributed by atoms with Crippen LogP contribution in [0.2, 0.25) is 0 Å². The maximum Gasteiger partial charge on any atom is 0.356 e. The highest BCUT2D eigenvalue weighted by Crippen LogP contribution is 2.17. The Balaban J connectivity index is 2.32. The van der Waals surface area contributed by atoms with Crippen molar-refractivity contribution in [3.63, 3.8) is 0 Å².